The van der Waals surface area contributed by atoms with Crippen molar-refractivity contribution in [3.05, 3.63) is 12.2 Å². The van der Waals surface area contributed by atoms with E-state index in [9.17, 15) is 0 Å². The van der Waals surface area contributed by atoms with E-state index in [4.69, 9.17) is 13.3 Å². The zero-order valence-electron chi connectivity index (χ0n) is 7.53. The molecule has 0 rings (SSSR count). The van der Waals surface area contributed by atoms with Gasteiger partial charge in [-0.25, -0.2) is 0 Å². The first-order valence-corrected chi connectivity index (χ1v) is 4.99. The van der Waals surface area contributed by atoms with Crippen molar-refractivity contribution in [2.45, 2.75) is 20.0 Å². The van der Waals surface area contributed by atoms with Crippen molar-refractivity contribution in [3.63, 3.8) is 0 Å². The molecule has 66 valence electrons. The van der Waals surface area contributed by atoms with E-state index >= 15 is 0 Å². The molecule has 1 atom stereocenters. The van der Waals surface area contributed by atoms with Crippen molar-refractivity contribution in [2.75, 3.05) is 14.2 Å². The average molecular weight is 176 g/mol. The summed E-state index contributed by atoms with van der Waals surface area (Å²) < 4.78 is 15.4. The highest BCUT2D eigenvalue weighted by molar-refractivity contribution is 6.36. The highest BCUT2D eigenvalue weighted by Gasteiger charge is 2.12. The standard InChI is InChI=1S/C7H16O3Si/c1-5-6-7(2)10-11(8-3)9-4/h5-7,11H,1-4H3. The van der Waals surface area contributed by atoms with Gasteiger partial charge in [-0.3, -0.25) is 0 Å². The van der Waals surface area contributed by atoms with Crippen LogP contribution in [0.2, 0.25) is 0 Å². The Hall–Kier alpha value is -0.163. The third-order valence-electron chi connectivity index (χ3n) is 1.17. The van der Waals surface area contributed by atoms with Gasteiger partial charge in [0, 0.05) is 14.2 Å². The number of hydrogen-bond acceptors (Lipinski definition) is 3. The van der Waals surface area contributed by atoms with E-state index < -0.39 is 9.53 Å². The van der Waals surface area contributed by atoms with E-state index in [1.807, 2.05) is 26.0 Å². The maximum Gasteiger partial charge on any atom is 0.484 e. The lowest BCUT2D eigenvalue weighted by Crippen LogP contribution is -2.27. The summed E-state index contributed by atoms with van der Waals surface area (Å²) in [6.07, 6.45) is 3.98. The number of rotatable bonds is 5. The van der Waals surface area contributed by atoms with Crippen LogP contribution in [0.4, 0.5) is 0 Å². The van der Waals surface area contributed by atoms with Crippen LogP contribution < -0.4 is 0 Å². The van der Waals surface area contributed by atoms with Crippen molar-refractivity contribution in [1.82, 2.24) is 0 Å². The first-order valence-electron chi connectivity index (χ1n) is 3.58. The van der Waals surface area contributed by atoms with Crippen LogP contribution in [0.3, 0.4) is 0 Å². The van der Waals surface area contributed by atoms with Gasteiger partial charge >= 0.3 is 9.53 Å². The molecular weight excluding hydrogens is 160 g/mol. The molecule has 0 saturated heterocycles. The molecule has 0 aliphatic rings. The maximum absolute atomic E-state index is 5.40. The first-order chi connectivity index (χ1) is 5.24. The Kier molecular flexibility index (Phi) is 6.44. The van der Waals surface area contributed by atoms with Gasteiger partial charge in [0.2, 0.25) is 0 Å². The number of allylic oxidation sites excluding steroid dienone is 1. The van der Waals surface area contributed by atoms with Crippen molar-refractivity contribution in [2.24, 2.45) is 0 Å². The SMILES string of the molecule is CC=CC(C)O[SiH](OC)OC. The summed E-state index contributed by atoms with van der Waals surface area (Å²) in [5.41, 5.74) is 0. The molecule has 11 heavy (non-hydrogen) atoms. The monoisotopic (exact) mass is 176 g/mol. The normalized spacial score (nSPS) is 14.6. The van der Waals surface area contributed by atoms with Gasteiger partial charge in [0.25, 0.3) is 0 Å². The van der Waals surface area contributed by atoms with Gasteiger partial charge in [-0.2, -0.15) is 0 Å². The summed E-state index contributed by atoms with van der Waals surface area (Å²) in [5.74, 6) is 0. The highest BCUT2D eigenvalue weighted by atomic mass is 28.3. The third-order valence-corrected chi connectivity index (χ3v) is 2.60. The Bertz CT molecular complexity index is 112. The largest absolute Gasteiger partial charge is 0.484 e. The molecule has 0 bridgehead atoms. The summed E-state index contributed by atoms with van der Waals surface area (Å²) in [5, 5.41) is 0. The van der Waals surface area contributed by atoms with Crippen LogP contribution in [0.1, 0.15) is 13.8 Å². The van der Waals surface area contributed by atoms with Gasteiger partial charge in [0.05, 0.1) is 6.10 Å². The Balaban J connectivity index is 3.61. The molecule has 0 N–H and O–H groups in total. The molecule has 0 aromatic heterocycles. The number of hydrogen-bond donors (Lipinski definition) is 0. The molecule has 0 aliphatic heterocycles. The van der Waals surface area contributed by atoms with Gasteiger partial charge < -0.3 is 13.3 Å². The molecule has 4 heteroatoms. The quantitative estimate of drug-likeness (QED) is 0.461. The second-order valence-corrected chi connectivity index (χ2v) is 3.92. The van der Waals surface area contributed by atoms with E-state index in [0.717, 1.165) is 0 Å². The topological polar surface area (TPSA) is 27.7 Å². The molecule has 0 amide bonds. The second kappa shape index (κ2) is 6.54. The van der Waals surface area contributed by atoms with Crippen molar-refractivity contribution in [3.8, 4) is 0 Å². The lowest BCUT2D eigenvalue weighted by Gasteiger charge is -2.14. The Morgan fingerprint density at radius 3 is 2.18 bits per heavy atom. The minimum atomic E-state index is -1.83. The molecule has 0 saturated carbocycles. The Labute approximate surface area is 69.9 Å². The van der Waals surface area contributed by atoms with E-state index in [1.165, 1.54) is 0 Å². The summed E-state index contributed by atoms with van der Waals surface area (Å²) in [6, 6.07) is 0. The fourth-order valence-electron chi connectivity index (χ4n) is 0.699. The average Bonchev–Trinajstić information content (AvgIpc) is 2.01. The molecule has 0 aromatic rings. The van der Waals surface area contributed by atoms with Crippen LogP contribution in [0, 0.1) is 0 Å². The van der Waals surface area contributed by atoms with Crippen molar-refractivity contribution >= 4 is 9.53 Å². The zero-order valence-corrected chi connectivity index (χ0v) is 8.69. The molecule has 3 nitrogen and oxygen atoms in total. The van der Waals surface area contributed by atoms with E-state index in [-0.39, 0.29) is 6.10 Å². The van der Waals surface area contributed by atoms with Crippen LogP contribution in [-0.4, -0.2) is 29.9 Å². The summed E-state index contributed by atoms with van der Waals surface area (Å²) in [6.45, 7) is 3.91. The smallest absolute Gasteiger partial charge is 0.379 e. The second-order valence-electron chi connectivity index (χ2n) is 2.13. The zero-order chi connectivity index (χ0) is 8.69. The van der Waals surface area contributed by atoms with E-state index in [2.05, 4.69) is 0 Å². The molecule has 1 unspecified atom stereocenters. The lowest BCUT2D eigenvalue weighted by molar-refractivity contribution is 0.115. The third kappa shape index (κ3) is 5.14. The molecule has 0 spiro atoms. The summed E-state index contributed by atoms with van der Waals surface area (Å²) in [4.78, 5) is 0. The van der Waals surface area contributed by atoms with Crippen LogP contribution >= 0.6 is 0 Å². The van der Waals surface area contributed by atoms with Gasteiger partial charge in [0.15, 0.2) is 0 Å². The molecule has 0 radical (unpaired) electrons. The minimum Gasteiger partial charge on any atom is -0.379 e. The van der Waals surface area contributed by atoms with Crippen LogP contribution in [0.5, 0.6) is 0 Å². The van der Waals surface area contributed by atoms with Crippen LogP contribution in [0.25, 0.3) is 0 Å². The molecular formula is C7H16O3Si. The van der Waals surface area contributed by atoms with Crippen molar-refractivity contribution < 1.29 is 13.3 Å². The van der Waals surface area contributed by atoms with Crippen LogP contribution in [0.15, 0.2) is 12.2 Å². The maximum atomic E-state index is 5.40. The Morgan fingerprint density at radius 2 is 1.82 bits per heavy atom. The predicted molar refractivity (Wildman–Crippen MR) is 46.5 cm³/mol. The first kappa shape index (κ1) is 10.8. The molecule has 0 aliphatic carbocycles. The summed E-state index contributed by atoms with van der Waals surface area (Å²) in [7, 11) is 1.37. The highest BCUT2D eigenvalue weighted by Crippen LogP contribution is 1.97. The van der Waals surface area contributed by atoms with Gasteiger partial charge in [-0.05, 0) is 13.8 Å². The van der Waals surface area contributed by atoms with Gasteiger partial charge in [-0.1, -0.05) is 12.2 Å². The fourth-order valence-corrected chi connectivity index (χ4v) is 1.55. The summed E-state index contributed by atoms with van der Waals surface area (Å²) >= 11 is 0. The van der Waals surface area contributed by atoms with Crippen LogP contribution in [-0.2, 0) is 13.3 Å². The van der Waals surface area contributed by atoms with Crippen molar-refractivity contribution in [1.29, 1.82) is 0 Å². The molecule has 0 fully saturated rings. The lowest BCUT2D eigenvalue weighted by atomic mass is 10.4. The molecule has 0 heterocycles. The Morgan fingerprint density at radius 1 is 1.27 bits per heavy atom. The fraction of sp³-hybridized carbons (Fsp3) is 0.714. The van der Waals surface area contributed by atoms with E-state index in [0.29, 0.717) is 0 Å². The van der Waals surface area contributed by atoms with Gasteiger partial charge in [0.1, 0.15) is 0 Å². The predicted octanol–water partition coefficient (Wildman–Crippen LogP) is 0.978. The van der Waals surface area contributed by atoms with E-state index in [1.54, 1.807) is 14.2 Å². The minimum absolute atomic E-state index is 0.0802. The van der Waals surface area contributed by atoms with Gasteiger partial charge in [-0.15, -0.1) is 0 Å². The molecule has 0 aromatic carbocycles.